The third kappa shape index (κ3) is 3.89. The first-order chi connectivity index (χ1) is 13.2. The molecule has 0 spiro atoms. The lowest BCUT2D eigenvalue weighted by Gasteiger charge is -2.18. The van der Waals surface area contributed by atoms with Crippen LogP contribution in [0.5, 0.6) is 0 Å². The van der Waals surface area contributed by atoms with Crippen LogP contribution in [0.4, 0.5) is 11.4 Å². The second kappa shape index (κ2) is 7.53. The summed E-state index contributed by atoms with van der Waals surface area (Å²) in [7, 11) is -7.48. The molecule has 0 aromatic heterocycles. The Balaban J connectivity index is 1.82. The Labute approximate surface area is 164 Å². The third-order valence-corrected chi connectivity index (χ3v) is 7.90. The van der Waals surface area contributed by atoms with Crippen molar-refractivity contribution in [1.82, 2.24) is 4.31 Å². The SMILES string of the molecule is CCN(CC)S(=O)(=O)c1ccc(NS(=O)(=O)c2ccc3c(c2)CC(=O)N3)cc1. The number of carbonyl (C=O) groups excluding carboxylic acids is 1. The van der Waals surface area contributed by atoms with Gasteiger partial charge in [0.05, 0.1) is 16.2 Å². The van der Waals surface area contributed by atoms with Crippen molar-refractivity contribution in [2.75, 3.05) is 23.1 Å². The molecule has 28 heavy (non-hydrogen) atoms. The van der Waals surface area contributed by atoms with Crippen LogP contribution in [0.15, 0.2) is 52.3 Å². The van der Waals surface area contributed by atoms with E-state index in [0.29, 0.717) is 24.3 Å². The molecular weight excluding hydrogens is 402 g/mol. The van der Waals surface area contributed by atoms with E-state index in [1.165, 1.54) is 40.7 Å². The van der Waals surface area contributed by atoms with Crippen LogP contribution in [0, 0.1) is 0 Å². The summed E-state index contributed by atoms with van der Waals surface area (Å²) in [6.07, 6.45) is 0.136. The summed E-state index contributed by atoms with van der Waals surface area (Å²) in [5.74, 6) is -0.178. The number of anilines is 2. The zero-order valence-electron chi connectivity index (χ0n) is 15.5. The number of hydrogen-bond acceptors (Lipinski definition) is 5. The molecule has 150 valence electrons. The Morgan fingerprint density at radius 3 is 2.18 bits per heavy atom. The molecule has 1 heterocycles. The van der Waals surface area contributed by atoms with E-state index in [4.69, 9.17) is 0 Å². The molecule has 0 fully saturated rings. The monoisotopic (exact) mass is 423 g/mol. The van der Waals surface area contributed by atoms with Crippen molar-refractivity contribution in [2.24, 2.45) is 0 Å². The fraction of sp³-hybridized carbons (Fsp3) is 0.278. The minimum absolute atomic E-state index is 0.0302. The molecule has 3 rings (SSSR count). The lowest BCUT2D eigenvalue weighted by atomic mass is 10.2. The van der Waals surface area contributed by atoms with Crippen LogP contribution >= 0.6 is 0 Å². The van der Waals surface area contributed by atoms with Gasteiger partial charge in [-0.3, -0.25) is 9.52 Å². The molecule has 2 N–H and O–H groups in total. The quantitative estimate of drug-likeness (QED) is 0.707. The summed E-state index contributed by atoms with van der Waals surface area (Å²) in [5.41, 5.74) is 1.47. The highest BCUT2D eigenvalue weighted by Gasteiger charge is 2.23. The van der Waals surface area contributed by atoms with Gasteiger partial charge in [-0.25, -0.2) is 16.8 Å². The van der Waals surface area contributed by atoms with Gasteiger partial charge in [0.15, 0.2) is 0 Å². The van der Waals surface area contributed by atoms with Gasteiger partial charge >= 0.3 is 0 Å². The molecule has 0 saturated carbocycles. The highest BCUT2D eigenvalue weighted by molar-refractivity contribution is 7.92. The number of fused-ring (bicyclic) bond motifs is 1. The molecule has 8 nitrogen and oxygen atoms in total. The van der Waals surface area contributed by atoms with Crippen molar-refractivity contribution >= 4 is 37.3 Å². The maximum atomic E-state index is 12.6. The lowest BCUT2D eigenvalue weighted by molar-refractivity contribution is -0.115. The van der Waals surface area contributed by atoms with Crippen LogP contribution in [-0.4, -0.2) is 40.1 Å². The number of amides is 1. The Morgan fingerprint density at radius 2 is 1.57 bits per heavy atom. The maximum absolute atomic E-state index is 12.6. The standard InChI is InChI=1S/C18H21N3O5S2/c1-3-21(4-2)28(25,26)15-7-5-14(6-8-15)20-27(23,24)16-9-10-17-13(11-16)12-18(22)19-17/h5-11,20H,3-4,12H2,1-2H3,(H,19,22). The summed E-state index contributed by atoms with van der Waals surface area (Å²) in [5, 5.41) is 2.65. The third-order valence-electron chi connectivity index (χ3n) is 4.46. The van der Waals surface area contributed by atoms with E-state index >= 15 is 0 Å². The maximum Gasteiger partial charge on any atom is 0.261 e. The first-order valence-electron chi connectivity index (χ1n) is 8.73. The van der Waals surface area contributed by atoms with Gasteiger partial charge in [-0.15, -0.1) is 0 Å². The molecule has 2 aromatic carbocycles. The zero-order chi connectivity index (χ0) is 20.5. The van der Waals surface area contributed by atoms with Crippen molar-refractivity contribution in [3.8, 4) is 0 Å². The fourth-order valence-corrected chi connectivity index (χ4v) is 5.56. The van der Waals surface area contributed by atoms with Crippen molar-refractivity contribution in [3.05, 3.63) is 48.0 Å². The number of carbonyl (C=O) groups is 1. The zero-order valence-corrected chi connectivity index (χ0v) is 17.1. The number of nitrogens with one attached hydrogen (secondary N) is 2. The first kappa shape index (κ1) is 20.3. The van der Waals surface area contributed by atoms with Gasteiger partial charge in [0, 0.05) is 24.5 Å². The Morgan fingerprint density at radius 1 is 0.964 bits per heavy atom. The Hall–Kier alpha value is -2.43. The first-order valence-corrected chi connectivity index (χ1v) is 11.7. The number of nitrogens with zero attached hydrogens (tertiary/aromatic N) is 1. The predicted molar refractivity (Wildman–Crippen MR) is 106 cm³/mol. The molecule has 10 heteroatoms. The van der Waals surface area contributed by atoms with Gasteiger partial charge in [0.2, 0.25) is 15.9 Å². The van der Waals surface area contributed by atoms with Gasteiger partial charge in [-0.2, -0.15) is 4.31 Å². The van der Waals surface area contributed by atoms with Crippen LogP contribution in [0.2, 0.25) is 0 Å². The molecule has 1 aliphatic heterocycles. The van der Waals surface area contributed by atoms with Crippen LogP contribution < -0.4 is 10.0 Å². The van der Waals surface area contributed by atoms with Gasteiger partial charge < -0.3 is 5.32 Å². The van der Waals surface area contributed by atoms with E-state index in [1.807, 2.05) is 0 Å². The van der Waals surface area contributed by atoms with Crippen molar-refractivity contribution < 1.29 is 21.6 Å². The summed E-state index contributed by atoms with van der Waals surface area (Å²) in [6, 6.07) is 9.97. The molecule has 1 aliphatic rings. The summed E-state index contributed by atoms with van der Waals surface area (Å²) in [6.45, 7) is 4.21. The molecule has 0 aliphatic carbocycles. The van der Waals surface area contributed by atoms with Crippen LogP contribution in [0.25, 0.3) is 0 Å². The average Bonchev–Trinajstić information content (AvgIpc) is 3.01. The van der Waals surface area contributed by atoms with E-state index in [2.05, 4.69) is 10.0 Å². The average molecular weight is 424 g/mol. The van der Waals surface area contributed by atoms with E-state index in [-0.39, 0.29) is 27.8 Å². The lowest BCUT2D eigenvalue weighted by Crippen LogP contribution is -2.30. The molecule has 2 aromatic rings. The largest absolute Gasteiger partial charge is 0.326 e. The van der Waals surface area contributed by atoms with E-state index in [1.54, 1.807) is 19.9 Å². The van der Waals surface area contributed by atoms with Gasteiger partial charge in [-0.1, -0.05) is 13.8 Å². The van der Waals surface area contributed by atoms with Gasteiger partial charge in [-0.05, 0) is 48.0 Å². The smallest absolute Gasteiger partial charge is 0.261 e. The second-order valence-corrected chi connectivity index (χ2v) is 9.88. The number of sulfonamides is 2. The van der Waals surface area contributed by atoms with E-state index in [0.717, 1.165) is 0 Å². The molecule has 0 saturated heterocycles. The minimum Gasteiger partial charge on any atom is -0.326 e. The highest BCUT2D eigenvalue weighted by atomic mass is 32.2. The van der Waals surface area contributed by atoms with Gasteiger partial charge in [0.1, 0.15) is 0 Å². The number of hydrogen-bond donors (Lipinski definition) is 2. The molecular formula is C18H21N3O5S2. The summed E-state index contributed by atoms with van der Waals surface area (Å²) < 4.78 is 54.0. The topological polar surface area (TPSA) is 113 Å². The normalized spacial score (nSPS) is 14.0. The predicted octanol–water partition coefficient (Wildman–Crippen LogP) is 2.01. The van der Waals surface area contributed by atoms with Crippen LogP contribution in [0.1, 0.15) is 19.4 Å². The minimum atomic E-state index is -3.88. The number of rotatable bonds is 7. The van der Waals surface area contributed by atoms with Crippen molar-refractivity contribution in [1.29, 1.82) is 0 Å². The fourth-order valence-electron chi connectivity index (χ4n) is 2.99. The van der Waals surface area contributed by atoms with Crippen LogP contribution in [-0.2, 0) is 31.3 Å². The molecule has 0 radical (unpaired) electrons. The summed E-state index contributed by atoms with van der Waals surface area (Å²) in [4.78, 5) is 11.6. The van der Waals surface area contributed by atoms with E-state index in [9.17, 15) is 21.6 Å². The molecule has 0 bridgehead atoms. The van der Waals surface area contributed by atoms with Crippen molar-refractivity contribution in [2.45, 2.75) is 30.1 Å². The highest BCUT2D eigenvalue weighted by Crippen LogP contribution is 2.27. The molecule has 0 atom stereocenters. The second-order valence-electron chi connectivity index (χ2n) is 6.26. The molecule has 0 unspecified atom stereocenters. The van der Waals surface area contributed by atoms with E-state index < -0.39 is 20.0 Å². The van der Waals surface area contributed by atoms with Gasteiger partial charge in [0.25, 0.3) is 10.0 Å². The Kier molecular flexibility index (Phi) is 5.46. The Bertz CT molecular complexity index is 1110. The molecule has 1 amide bonds. The van der Waals surface area contributed by atoms with Crippen molar-refractivity contribution in [3.63, 3.8) is 0 Å². The number of benzene rings is 2. The summed E-state index contributed by atoms with van der Waals surface area (Å²) >= 11 is 0. The van der Waals surface area contributed by atoms with Crippen LogP contribution in [0.3, 0.4) is 0 Å².